The van der Waals surface area contributed by atoms with E-state index in [9.17, 15) is 0 Å². The molecule has 0 heterocycles. The monoisotopic (exact) mass is 263 g/mol. The topological polar surface area (TPSA) is 21.3 Å². The zero-order chi connectivity index (χ0) is 13.9. The van der Waals surface area contributed by atoms with Gasteiger partial charge in [-0.3, -0.25) is 0 Å². The molecule has 2 heteroatoms. The molecule has 2 unspecified atom stereocenters. The Morgan fingerprint density at radius 3 is 2.47 bits per heavy atom. The van der Waals surface area contributed by atoms with Crippen LogP contribution in [-0.2, 0) is 0 Å². The molecule has 0 saturated heterocycles. The number of hydrogen-bond acceptors (Lipinski definition) is 2. The van der Waals surface area contributed by atoms with Crippen LogP contribution in [0.5, 0.6) is 5.75 Å². The van der Waals surface area contributed by atoms with E-state index in [1.54, 1.807) is 0 Å². The SMILES string of the molecule is CCC(C)CC(CC)NCCCOc1ccccc1. The Labute approximate surface area is 118 Å². The third-order valence-electron chi connectivity index (χ3n) is 3.64. The van der Waals surface area contributed by atoms with E-state index in [0.717, 1.165) is 31.2 Å². The fourth-order valence-corrected chi connectivity index (χ4v) is 2.13. The van der Waals surface area contributed by atoms with Gasteiger partial charge < -0.3 is 10.1 Å². The molecule has 0 amide bonds. The Kier molecular flexibility index (Phi) is 8.31. The molecule has 1 aromatic rings. The van der Waals surface area contributed by atoms with Crippen molar-refractivity contribution in [2.24, 2.45) is 5.92 Å². The third-order valence-corrected chi connectivity index (χ3v) is 3.64. The summed E-state index contributed by atoms with van der Waals surface area (Å²) in [5, 5.41) is 3.64. The molecule has 0 fully saturated rings. The van der Waals surface area contributed by atoms with Gasteiger partial charge in [-0.1, -0.05) is 45.4 Å². The van der Waals surface area contributed by atoms with E-state index in [1.165, 1.54) is 19.3 Å². The molecule has 0 aromatic heterocycles. The molecule has 0 saturated carbocycles. The van der Waals surface area contributed by atoms with Gasteiger partial charge in [-0.25, -0.2) is 0 Å². The summed E-state index contributed by atoms with van der Waals surface area (Å²) in [5.74, 6) is 1.78. The quantitative estimate of drug-likeness (QED) is 0.637. The molecule has 0 spiro atoms. The van der Waals surface area contributed by atoms with Gasteiger partial charge >= 0.3 is 0 Å². The van der Waals surface area contributed by atoms with Crippen LogP contribution in [0.3, 0.4) is 0 Å². The highest BCUT2D eigenvalue weighted by Gasteiger charge is 2.09. The molecule has 1 rings (SSSR count). The van der Waals surface area contributed by atoms with Crippen LogP contribution in [-0.4, -0.2) is 19.2 Å². The van der Waals surface area contributed by atoms with E-state index in [2.05, 4.69) is 26.1 Å². The Morgan fingerprint density at radius 1 is 1.11 bits per heavy atom. The molecule has 108 valence electrons. The van der Waals surface area contributed by atoms with E-state index in [4.69, 9.17) is 4.74 Å². The maximum Gasteiger partial charge on any atom is 0.119 e. The van der Waals surface area contributed by atoms with Gasteiger partial charge in [0.15, 0.2) is 0 Å². The second-order valence-corrected chi connectivity index (χ2v) is 5.32. The standard InChI is InChI=1S/C17H29NO/c1-4-15(3)14-16(5-2)18-12-9-13-19-17-10-7-6-8-11-17/h6-8,10-11,15-16,18H,4-5,9,12-14H2,1-3H3. The van der Waals surface area contributed by atoms with Crippen molar-refractivity contribution in [3.05, 3.63) is 30.3 Å². The van der Waals surface area contributed by atoms with Gasteiger partial charge in [0.05, 0.1) is 6.61 Å². The largest absolute Gasteiger partial charge is 0.494 e. The summed E-state index contributed by atoms with van der Waals surface area (Å²) in [4.78, 5) is 0. The molecular weight excluding hydrogens is 234 g/mol. The molecule has 0 bridgehead atoms. The van der Waals surface area contributed by atoms with Crippen molar-refractivity contribution < 1.29 is 4.74 Å². The molecule has 0 aliphatic carbocycles. The minimum Gasteiger partial charge on any atom is -0.494 e. The lowest BCUT2D eigenvalue weighted by atomic mass is 9.98. The van der Waals surface area contributed by atoms with Crippen molar-refractivity contribution in [3.63, 3.8) is 0 Å². The number of hydrogen-bond donors (Lipinski definition) is 1. The van der Waals surface area contributed by atoms with E-state index >= 15 is 0 Å². The first kappa shape index (κ1) is 16.0. The number of rotatable bonds is 10. The van der Waals surface area contributed by atoms with Crippen molar-refractivity contribution in [1.29, 1.82) is 0 Å². The average molecular weight is 263 g/mol. The molecule has 19 heavy (non-hydrogen) atoms. The smallest absolute Gasteiger partial charge is 0.119 e. The Morgan fingerprint density at radius 2 is 1.84 bits per heavy atom. The first-order valence-electron chi connectivity index (χ1n) is 7.67. The van der Waals surface area contributed by atoms with Crippen molar-refractivity contribution in [3.8, 4) is 5.75 Å². The highest BCUT2D eigenvalue weighted by molar-refractivity contribution is 5.20. The number of para-hydroxylation sites is 1. The van der Waals surface area contributed by atoms with Gasteiger partial charge in [0, 0.05) is 6.04 Å². The Balaban J connectivity index is 2.09. The van der Waals surface area contributed by atoms with Crippen LogP contribution in [0, 0.1) is 5.92 Å². The Hall–Kier alpha value is -1.02. The van der Waals surface area contributed by atoms with E-state index < -0.39 is 0 Å². The van der Waals surface area contributed by atoms with E-state index in [-0.39, 0.29) is 0 Å². The van der Waals surface area contributed by atoms with Gasteiger partial charge in [0.25, 0.3) is 0 Å². The predicted molar refractivity (Wildman–Crippen MR) is 82.7 cm³/mol. The fourth-order valence-electron chi connectivity index (χ4n) is 2.13. The normalized spacial score (nSPS) is 14.1. The summed E-state index contributed by atoms with van der Waals surface area (Å²) in [6, 6.07) is 10.7. The average Bonchev–Trinajstić information content (AvgIpc) is 2.46. The lowest BCUT2D eigenvalue weighted by molar-refractivity contribution is 0.299. The van der Waals surface area contributed by atoms with E-state index in [1.807, 2.05) is 30.3 Å². The van der Waals surface area contributed by atoms with Crippen molar-refractivity contribution in [2.75, 3.05) is 13.2 Å². The molecule has 1 aromatic carbocycles. The molecule has 0 aliphatic heterocycles. The maximum atomic E-state index is 5.68. The molecule has 2 atom stereocenters. The summed E-state index contributed by atoms with van der Waals surface area (Å²) in [5.41, 5.74) is 0. The third kappa shape index (κ3) is 7.22. The van der Waals surface area contributed by atoms with Gasteiger partial charge in [-0.2, -0.15) is 0 Å². The summed E-state index contributed by atoms with van der Waals surface area (Å²) in [7, 11) is 0. The van der Waals surface area contributed by atoms with Crippen molar-refractivity contribution in [2.45, 2.75) is 52.5 Å². The van der Waals surface area contributed by atoms with Crippen LogP contribution in [0.25, 0.3) is 0 Å². The van der Waals surface area contributed by atoms with Crippen LogP contribution < -0.4 is 10.1 Å². The minimum atomic E-state index is 0.659. The van der Waals surface area contributed by atoms with Crippen LogP contribution in [0.15, 0.2) is 30.3 Å². The van der Waals surface area contributed by atoms with Crippen molar-refractivity contribution >= 4 is 0 Å². The summed E-state index contributed by atoms with van der Waals surface area (Å²) >= 11 is 0. The molecule has 2 nitrogen and oxygen atoms in total. The Bertz CT molecular complexity index is 312. The maximum absolute atomic E-state index is 5.68. The molecule has 0 aliphatic rings. The molecule has 1 N–H and O–H groups in total. The summed E-state index contributed by atoms with van der Waals surface area (Å²) in [6.07, 6.45) is 4.83. The number of ether oxygens (including phenoxy) is 1. The second kappa shape index (κ2) is 9.85. The number of nitrogens with one attached hydrogen (secondary N) is 1. The van der Waals surface area contributed by atoms with Gasteiger partial charge in [-0.05, 0) is 43.9 Å². The van der Waals surface area contributed by atoms with Crippen LogP contribution >= 0.6 is 0 Å². The van der Waals surface area contributed by atoms with Crippen LogP contribution in [0.4, 0.5) is 0 Å². The summed E-state index contributed by atoms with van der Waals surface area (Å²) < 4.78 is 5.68. The second-order valence-electron chi connectivity index (χ2n) is 5.32. The number of benzene rings is 1. The summed E-state index contributed by atoms with van der Waals surface area (Å²) in [6.45, 7) is 8.70. The lowest BCUT2D eigenvalue weighted by Gasteiger charge is -2.20. The highest BCUT2D eigenvalue weighted by Crippen LogP contribution is 2.12. The predicted octanol–water partition coefficient (Wildman–Crippen LogP) is 4.26. The van der Waals surface area contributed by atoms with Gasteiger partial charge in [-0.15, -0.1) is 0 Å². The fraction of sp³-hybridized carbons (Fsp3) is 0.647. The molecular formula is C17H29NO. The van der Waals surface area contributed by atoms with E-state index in [0.29, 0.717) is 6.04 Å². The highest BCUT2D eigenvalue weighted by atomic mass is 16.5. The zero-order valence-electron chi connectivity index (χ0n) is 12.7. The first-order valence-corrected chi connectivity index (χ1v) is 7.67. The van der Waals surface area contributed by atoms with Gasteiger partial charge in [0.1, 0.15) is 5.75 Å². The zero-order valence-corrected chi connectivity index (χ0v) is 12.7. The first-order chi connectivity index (χ1) is 9.26. The van der Waals surface area contributed by atoms with Crippen molar-refractivity contribution in [1.82, 2.24) is 5.32 Å². The lowest BCUT2D eigenvalue weighted by Crippen LogP contribution is -2.31. The van der Waals surface area contributed by atoms with Gasteiger partial charge in [0.2, 0.25) is 0 Å². The van der Waals surface area contributed by atoms with Crippen LogP contribution in [0.1, 0.15) is 46.5 Å². The minimum absolute atomic E-state index is 0.659. The van der Waals surface area contributed by atoms with Crippen LogP contribution in [0.2, 0.25) is 0 Å². The molecule has 0 radical (unpaired) electrons.